The zero-order chi connectivity index (χ0) is 16.2. The highest BCUT2D eigenvalue weighted by atomic mass is 17.2. The minimum Gasteiger partial charge on any atom is -0.393 e. The van der Waals surface area contributed by atoms with Gasteiger partial charge in [0.15, 0.2) is 5.75 Å². The Morgan fingerprint density at radius 3 is 2.83 bits per heavy atom. The van der Waals surface area contributed by atoms with Crippen molar-refractivity contribution in [3.8, 4) is 5.75 Å². The first-order valence-electron chi connectivity index (χ1n) is 9.06. The summed E-state index contributed by atoms with van der Waals surface area (Å²) in [6.45, 7) is 4.74. The summed E-state index contributed by atoms with van der Waals surface area (Å²) < 4.78 is 0. The molecule has 3 aliphatic rings. The molecule has 1 N–H and O–H groups in total. The van der Waals surface area contributed by atoms with Crippen LogP contribution in [-0.4, -0.2) is 18.3 Å². The van der Waals surface area contributed by atoms with Crippen LogP contribution >= 0.6 is 0 Å². The van der Waals surface area contributed by atoms with Crippen LogP contribution in [0.25, 0.3) is 0 Å². The number of aliphatic hydroxyl groups excluding tert-OH is 1. The fraction of sp³-hybridized carbons (Fsp3) is 0.700. The van der Waals surface area contributed by atoms with Crippen LogP contribution in [0.15, 0.2) is 18.2 Å². The summed E-state index contributed by atoms with van der Waals surface area (Å²) in [5.41, 5.74) is 3.09. The molecule has 4 rings (SSSR count). The maximum atomic E-state index is 10.5. The molecule has 6 atom stereocenters. The molecule has 3 aliphatic carbocycles. The van der Waals surface area contributed by atoms with Gasteiger partial charge >= 0.3 is 0 Å². The molecule has 0 spiro atoms. The Morgan fingerprint density at radius 1 is 1.22 bits per heavy atom. The van der Waals surface area contributed by atoms with Gasteiger partial charge in [0, 0.05) is 0 Å². The first-order valence-corrected chi connectivity index (χ1v) is 9.06. The van der Waals surface area contributed by atoms with Gasteiger partial charge in [-0.1, -0.05) is 19.9 Å². The lowest BCUT2D eigenvalue weighted by atomic mass is 9.53. The maximum Gasteiger partial charge on any atom is 0.165 e. The number of rotatable bonds is 2. The highest BCUT2D eigenvalue weighted by Gasteiger charge is 2.55. The predicted octanol–water partition coefficient (Wildman–Crippen LogP) is 4.09. The highest BCUT2D eigenvalue weighted by molar-refractivity contribution is 5.41. The fourth-order valence-electron chi connectivity index (χ4n) is 6.08. The smallest absolute Gasteiger partial charge is 0.165 e. The second kappa shape index (κ2) is 5.49. The summed E-state index contributed by atoms with van der Waals surface area (Å²) in [6.07, 6.45) is 5.56. The number of aliphatic hydroxyl groups is 1. The Morgan fingerprint density at radius 2 is 2.04 bits per heavy atom. The average Bonchev–Trinajstić information content (AvgIpc) is 2.83. The van der Waals surface area contributed by atoms with Crippen molar-refractivity contribution >= 4 is 0 Å². The third-order valence-corrected chi connectivity index (χ3v) is 7.18. The molecule has 0 bridgehead atoms. The second-order valence-electron chi connectivity index (χ2n) is 8.22. The van der Waals surface area contributed by atoms with Crippen molar-refractivity contribution in [2.45, 2.75) is 58.0 Å². The largest absolute Gasteiger partial charge is 0.393 e. The van der Waals surface area contributed by atoms with Crippen LogP contribution in [0.1, 0.15) is 56.6 Å². The van der Waals surface area contributed by atoms with Crippen molar-refractivity contribution in [3.05, 3.63) is 29.3 Å². The van der Waals surface area contributed by atoms with Crippen LogP contribution in [0.2, 0.25) is 0 Å². The Hall–Kier alpha value is -1.06. The first kappa shape index (κ1) is 15.5. The van der Waals surface area contributed by atoms with Gasteiger partial charge in [-0.3, -0.25) is 0 Å². The Balaban J connectivity index is 1.69. The van der Waals surface area contributed by atoms with E-state index in [1.165, 1.54) is 24.0 Å². The average molecular weight is 316 g/mol. The molecule has 0 radical (unpaired) electrons. The summed E-state index contributed by atoms with van der Waals surface area (Å²) in [5.74, 6) is 3.50. The van der Waals surface area contributed by atoms with E-state index in [9.17, 15) is 5.11 Å². The van der Waals surface area contributed by atoms with Crippen LogP contribution in [0.3, 0.4) is 0 Å². The molecule has 0 aromatic heterocycles. The number of fused-ring (bicyclic) bond motifs is 5. The predicted molar refractivity (Wildman–Crippen MR) is 89.2 cm³/mol. The van der Waals surface area contributed by atoms with Crippen molar-refractivity contribution in [1.82, 2.24) is 0 Å². The van der Waals surface area contributed by atoms with Crippen LogP contribution in [0.4, 0.5) is 0 Å². The normalized spacial score (nSPS) is 41.8. The molecule has 2 saturated carbocycles. The van der Waals surface area contributed by atoms with Crippen molar-refractivity contribution in [2.75, 3.05) is 7.11 Å². The van der Waals surface area contributed by atoms with Gasteiger partial charge in [-0.2, -0.15) is 4.89 Å². The van der Waals surface area contributed by atoms with E-state index in [1.807, 2.05) is 6.07 Å². The van der Waals surface area contributed by atoms with Crippen molar-refractivity contribution in [2.24, 2.45) is 23.2 Å². The van der Waals surface area contributed by atoms with E-state index in [0.29, 0.717) is 23.7 Å². The topological polar surface area (TPSA) is 38.7 Å². The van der Waals surface area contributed by atoms with Crippen LogP contribution in [0, 0.1) is 23.2 Å². The minimum atomic E-state index is -0.0977. The lowest BCUT2D eigenvalue weighted by molar-refractivity contribution is -0.178. The van der Waals surface area contributed by atoms with Gasteiger partial charge < -0.3 is 9.99 Å². The van der Waals surface area contributed by atoms with Crippen molar-refractivity contribution in [3.63, 3.8) is 0 Å². The summed E-state index contributed by atoms with van der Waals surface area (Å²) in [7, 11) is 1.55. The molecular formula is C20H28O3. The molecule has 3 nitrogen and oxygen atoms in total. The molecule has 0 amide bonds. The molecule has 0 aliphatic heterocycles. The van der Waals surface area contributed by atoms with Gasteiger partial charge in [0.2, 0.25) is 0 Å². The molecule has 0 heterocycles. The Bertz CT molecular complexity index is 599. The maximum absolute atomic E-state index is 10.5. The van der Waals surface area contributed by atoms with E-state index in [4.69, 9.17) is 9.78 Å². The molecule has 1 aromatic rings. The highest BCUT2D eigenvalue weighted by Crippen LogP contribution is 2.62. The van der Waals surface area contributed by atoms with E-state index < -0.39 is 0 Å². The van der Waals surface area contributed by atoms with Crippen LogP contribution < -0.4 is 4.89 Å². The molecule has 1 aromatic carbocycles. The number of benzene rings is 1. The molecule has 0 unspecified atom stereocenters. The lowest BCUT2D eigenvalue weighted by Crippen LogP contribution is -2.46. The van der Waals surface area contributed by atoms with Gasteiger partial charge in [-0.05, 0) is 84.5 Å². The zero-order valence-electron chi connectivity index (χ0n) is 14.4. The van der Waals surface area contributed by atoms with Gasteiger partial charge in [-0.25, -0.2) is 0 Å². The molecule has 23 heavy (non-hydrogen) atoms. The summed E-state index contributed by atoms with van der Waals surface area (Å²) >= 11 is 0. The standard InChI is InChI=1S/C20H28O3/c1-12-10-13-11-14(23-22-3)4-5-15(13)16-8-9-20(2)17(19(12)16)6-7-18(20)21/h4-5,11-12,16-19,21H,6-10H2,1-3H3/t12-,16-,17+,18+,19-,20+/m1/s1. The third kappa shape index (κ3) is 2.24. The van der Waals surface area contributed by atoms with Crippen molar-refractivity contribution < 1.29 is 14.9 Å². The summed E-state index contributed by atoms with van der Waals surface area (Å²) in [5, 5.41) is 10.5. The van der Waals surface area contributed by atoms with Gasteiger partial charge in [0.05, 0.1) is 13.2 Å². The van der Waals surface area contributed by atoms with Gasteiger partial charge in [-0.15, -0.1) is 0 Å². The minimum absolute atomic E-state index is 0.0977. The number of hydrogen-bond donors (Lipinski definition) is 1. The monoisotopic (exact) mass is 316 g/mol. The van der Waals surface area contributed by atoms with Gasteiger partial charge in [0.1, 0.15) is 0 Å². The van der Waals surface area contributed by atoms with E-state index in [-0.39, 0.29) is 11.5 Å². The Labute approximate surface area is 138 Å². The lowest BCUT2D eigenvalue weighted by Gasteiger charge is -2.52. The Kier molecular flexibility index (Phi) is 3.69. The zero-order valence-corrected chi connectivity index (χ0v) is 14.4. The quantitative estimate of drug-likeness (QED) is 0.660. The summed E-state index contributed by atoms with van der Waals surface area (Å²) in [6, 6.07) is 6.44. The number of hydrogen-bond acceptors (Lipinski definition) is 3. The van der Waals surface area contributed by atoms with Crippen LogP contribution in [-0.2, 0) is 11.3 Å². The molecule has 126 valence electrons. The fourth-order valence-corrected chi connectivity index (χ4v) is 6.08. The van der Waals surface area contributed by atoms with Crippen LogP contribution in [0.5, 0.6) is 5.75 Å². The molecule has 2 fully saturated rings. The van der Waals surface area contributed by atoms with Gasteiger partial charge in [0.25, 0.3) is 0 Å². The van der Waals surface area contributed by atoms with Crippen molar-refractivity contribution in [1.29, 1.82) is 0 Å². The van der Waals surface area contributed by atoms with E-state index in [2.05, 4.69) is 26.0 Å². The molecular weight excluding hydrogens is 288 g/mol. The first-order chi connectivity index (χ1) is 11.0. The van der Waals surface area contributed by atoms with E-state index >= 15 is 0 Å². The SMILES string of the molecule is COOc1ccc2c(c1)C[C@@H](C)[C@@H]1[C@@H]2CC[C@]2(C)[C@@H](O)CC[C@@H]12. The van der Waals surface area contributed by atoms with E-state index in [1.54, 1.807) is 7.11 Å². The summed E-state index contributed by atoms with van der Waals surface area (Å²) in [4.78, 5) is 10.0. The molecule has 0 saturated heterocycles. The van der Waals surface area contributed by atoms with E-state index in [0.717, 1.165) is 25.0 Å². The molecule has 3 heteroatoms. The third-order valence-electron chi connectivity index (χ3n) is 7.18. The second-order valence-corrected chi connectivity index (χ2v) is 8.22.